The fourth-order valence-electron chi connectivity index (χ4n) is 1.28. The zero-order chi connectivity index (χ0) is 10.3. The van der Waals surface area contributed by atoms with Crippen molar-refractivity contribution in [2.45, 2.75) is 32.1 Å². The molecule has 80 valence electrons. The van der Waals surface area contributed by atoms with E-state index in [0.717, 1.165) is 13.0 Å². The molecule has 0 saturated carbocycles. The van der Waals surface area contributed by atoms with E-state index in [4.69, 9.17) is 15.2 Å². The molecule has 4 heteroatoms. The maximum absolute atomic E-state index is 5.68. The van der Waals surface area contributed by atoms with Gasteiger partial charge in [-0.25, -0.2) is 0 Å². The number of hydrogen-bond acceptors (Lipinski definition) is 4. The number of nitrogens with one attached hydrogen (secondary N) is 1. The van der Waals surface area contributed by atoms with Gasteiger partial charge in [0.2, 0.25) is 0 Å². The SMILES string of the molecule is CCCNC(C)(CN)C(OC)OC. The van der Waals surface area contributed by atoms with Gasteiger partial charge in [0.1, 0.15) is 0 Å². The lowest BCUT2D eigenvalue weighted by Crippen LogP contribution is -2.58. The summed E-state index contributed by atoms with van der Waals surface area (Å²) in [5, 5.41) is 3.32. The van der Waals surface area contributed by atoms with Gasteiger partial charge in [-0.15, -0.1) is 0 Å². The highest BCUT2D eigenvalue weighted by molar-refractivity contribution is 4.87. The van der Waals surface area contributed by atoms with Gasteiger partial charge in [-0.3, -0.25) is 0 Å². The molecule has 0 aliphatic heterocycles. The molecule has 0 rings (SSSR count). The van der Waals surface area contributed by atoms with Gasteiger partial charge >= 0.3 is 0 Å². The van der Waals surface area contributed by atoms with Crippen LogP contribution in [0.5, 0.6) is 0 Å². The molecule has 0 bridgehead atoms. The molecule has 0 heterocycles. The van der Waals surface area contributed by atoms with E-state index in [-0.39, 0.29) is 11.8 Å². The largest absolute Gasteiger partial charge is 0.354 e. The topological polar surface area (TPSA) is 56.5 Å². The Hall–Kier alpha value is -0.160. The number of methoxy groups -OCH3 is 2. The molecule has 0 aliphatic rings. The molecule has 0 saturated heterocycles. The van der Waals surface area contributed by atoms with Gasteiger partial charge in [-0.1, -0.05) is 6.92 Å². The highest BCUT2D eigenvalue weighted by atomic mass is 16.7. The van der Waals surface area contributed by atoms with E-state index in [0.29, 0.717) is 6.54 Å². The zero-order valence-corrected chi connectivity index (χ0v) is 9.09. The van der Waals surface area contributed by atoms with Crippen LogP contribution in [0.4, 0.5) is 0 Å². The molecule has 0 amide bonds. The summed E-state index contributed by atoms with van der Waals surface area (Å²) in [6, 6.07) is 0. The number of rotatable bonds is 7. The Bertz CT molecular complexity index is 129. The number of nitrogens with two attached hydrogens (primary N) is 1. The highest BCUT2D eigenvalue weighted by Crippen LogP contribution is 2.12. The molecule has 0 aliphatic carbocycles. The monoisotopic (exact) mass is 190 g/mol. The molecule has 4 nitrogen and oxygen atoms in total. The molecule has 0 spiro atoms. The van der Waals surface area contributed by atoms with Crippen LogP contribution in [0.1, 0.15) is 20.3 Å². The van der Waals surface area contributed by atoms with Gasteiger partial charge < -0.3 is 20.5 Å². The van der Waals surface area contributed by atoms with Crippen LogP contribution in [0.15, 0.2) is 0 Å². The third-order valence-electron chi connectivity index (χ3n) is 2.15. The van der Waals surface area contributed by atoms with Crippen molar-refractivity contribution in [1.29, 1.82) is 0 Å². The Morgan fingerprint density at radius 1 is 1.38 bits per heavy atom. The molecular weight excluding hydrogens is 168 g/mol. The maximum atomic E-state index is 5.68. The standard InChI is InChI=1S/C9H22N2O2/c1-5-6-11-9(2,7-10)8(12-3)13-4/h8,11H,5-7,10H2,1-4H3. The molecule has 0 aromatic carbocycles. The first-order valence-electron chi connectivity index (χ1n) is 4.65. The summed E-state index contributed by atoms with van der Waals surface area (Å²) in [5.74, 6) is 0. The van der Waals surface area contributed by atoms with Crippen LogP contribution in [-0.2, 0) is 9.47 Å². The van der Waals surface area contributed by atoms with Gasteiger partial charge in [0.15, 0.2) is 6.29 Å². The van der Waals surface area contributed by atoms with Crippen molar-refractivity contribution >= 4 is 0 Å². The van der Waals surface area contributed by atoms with Crippen molar-refractivity contribution in [3.63, 3.8) is 0 Å². The summed E-state index contributed by atoms with van der Waals surface area (Å²) >= 11 is 0. The summed E-state index contributed by atoms with van der Waals surface area (Å²) in [4.78, 5) is 0. The van der Waals surface area contributed by atoms with E-state index >= 15 is 0 Å². The molecule has 0 aromatic heterocycles. The lowest BCUT2D eigenvalue weighted by atomic mass is 10.0. The second kappa shape index (κ2) is 6.32. The second-order valence-electron chi connectivity index (χ2n) is 3.35. The van der Waals surface area contributed by atoms with Crippen LogP contribution in [0.25, 0.3) is 0 Å². The molecule has 1 atom stereocenters. The van der Waals surface area contributed by atoms with Crippen LogP contribution in [0.3, 0.4) is 0 Å². The van der Waals surface area contributed by atoms with Gasteiger partial charge in [-0.2, -0.15) is 0 Å². The van der Waals surface area contributed by atoms with E-state index in [1.807, 2.05) is 6.92 Å². The Morgan fingerprint density at radius 2 is 1.92 bits per heavy atom. The van der Waals surface area contributed by atoms with E-state index in [2.05, 4.69) is 12.2 Å². The Balaban J connectivity index is 4.21. The van der Waals surface area contributed by atoms with Crippen molar-refractivity contribution in [2.24, 2.45) is 5.73 Å². The molecule has 3 N–H and O–H groups in total. The normalized spacial score (nSPS) is 16.2. The van der Waals surface area contributed by atoms with Crippen LogP contribution in [0, 0.1) is 0 Å². The van der Waals surface area contributed by atoms with E-state index in [9.17, 15) is 0 Å². The summed E-state index contributed by atoms with van der Waals surface area (Å²) in [6.45, 7) is 5.51. The number of hydrogen-bond donors (Lipinski definition) is 2. The Kier molecular flexibility index (Phi) is 6.24. The Labute approximate surface area is 80.8 Å². The van der Waals surface area contributed by atoms with Gasteiger partial charge in [0.25, 0.3) is 0 Å². The minimum absolute atomic E-state index is 0.302. The molecule has 0 radical (unpaired) electrons. The van der Waals surface area contributed by atoms with E-state index in [1.165, 1.54) is 0 Å². The van der Waals surface area contributed by atoms with Gasteiger partial charge in [0, 0.05) is 20.8 Å². The van der Waals surface area contributed by atoms with Crippen LogP contribution in [0.2, 0.25) is 0 Å². The van der Waals surface area contributed by atoms with Gasteiger partial charge in [0.05, 0.1) is 5.54 Å². The second-order valence-corrected chi connectivity index (χ2v) is 3.35. The molecular formula is C9H22N2O2. The molecule has 1 unspecified atom stereocenters. The lowest BCUT2D eigenvalue weighted by Gasteiger charge is -2.35. The first-order chi connectivity index (χ1) is 6.14. The summed E-state index contributed by atoms with van der Waals surface area (Å²) in [6.07, 6.45) is 0.763. The first-order valence-corrected chi connectivity index (χ1v) is 4.65. The van der Waals surface area contributed by atoms with E-state index in [1.54, 1.807) is 14.2 Å². The fourth-order valence-corrected chi connectivity index (χ4v) is 1.28. The highest BCUT2D eigenvalue weighted by Gasteiger charge is 2.32. The van der Waals surface area contributed by atoms with Crippen molar-refractivity contribution in [1.82, 2.24) is 5.32 Å². The lowest BCUT2D eigenvalue weighted by molar-refractivity contribution is -0.148. The third kappa shape index (κ3) is 3.60. The quantitative estimate of drug-likeness (QED) is 0.568. The third-order valence-corrected chi connectivity index (χ3v) is 2.15. The fraction of sp³-hybridized carbons (Fsp3) is 1.00. The van der Waals surface area contributed by atoms with E-state index < -0.39 is 0 Å². The minimum Gasteiger partial charge on any atom is -0.354 e. The van der Waals surface area contributed by atoms with Crippen molar-refractivity contribution in [3.05, 3.63) is 0 Å². The van der Waals surface area contributed by atoms with Crippen LogP contribution in [-0.4, -0.2) is 39.1 Å². The van der Waals surface area contributed by atoms with Crippen LogP contribution < -0.4 is 11.1 Å². The van der Waals surface area contributed by atoms with Crippen molar-refractivity contribution in [2.75, 3.05) is 27.3 Å². The summed E-state index contributed by atoms with van der Waals surface area (Å²) < 4.78 is 10.4. The predicted octanol–water partition coefficient (Wildman–Crippen LogP) is 0.322. The van der Waals surface area contributed by atoms with Crippen molar-refractivity contribution in [3.8, 4) is 0 Å². The van der Waals surface area contributed by atoms with Crippen LogP contribution >= 0.6 is 0 Å². The summed E-state index contributed by atoms with van der Waals surface area (Å²) in [7, 11) is 3.24. The van der Waals surface area contributed by atoms with Crippen molar-refractivity contribution < 1.29 is 9.47 Å². The zero-order valence-electron chi connectivity index (χ0n) is 9.09. The average molecular weight is 190 g/mol. The molecule has 13 heavy (non-hydrogen) atoms. The summed E-state index contributed by atoms with van der Waals surface area (Å²) in [5.41, 5.74) is 5.37. The van der Waals surface area contributed by atoms with Gasteiger partial charge in [-0.05, 0) is 19.9 Å². The number of ether oxygens (including phenoxy) is 2. The molecule has 0 fully saturated rings. The Morgan fingerprint density at radius 3 is 2.23 bits per heavy atom. The smallest absolute Gasteiger partial charge is 0.175 e. The maximum Gasteiger partial charge on any atom is 0.175 e. The average Bonchev–Trinajstić information content (AvgIpc) is 2.16. The first kappa shape index (κ1) is 12.8. The predicted molar refractivity (Wildman–Crippen MR) is 53.6 cm³/mol. The molecule has 0 aromatic rings. The minimum atomic E-state index is -0.306.